The zero-order valence-corrected chi connectivity index (χ0v) is 19.5. The summed E-state index contributed by atoms with van der Waals surface area (Å²) in [6.45, 7) is 1.59. The van der Waals surface area contributed by atoms with Crippen LogP contribution in [0.2, 0.25) is 0 Å². The average molecular weight is 485 g/mol. The number of carboxylic acids is 1. The highest BCUT2D eigenvalue weighted by atomic mass is 32.2. The zero-order chi connectivity index (χ0) is 24.5. The van der Waals surface area contributed by atoms with Gasteiger partial charge >= 0.3 is 5.97 Å². The number of carboxylic acid groups (broad SMARTS) is 1. The maximum atomic E-state index is 13.2. The first-order valence-corrected chi connectivity index (χ1v) is 12.1. The maximum absolute atomic E-state index is 13.2. The van der Waals surface area contributed by atoms with E-state index >= 15 is 0 Å². The molecule has 2 rings (SSSR count). The largest absolute Gasteiger partial charge is 0.480 e. The summed E-state index contributed by atoms with van der Waals surface area (Å²) in [5.74, 6) is -2.39. The van der Waals surface area contributed by atoms with Gasteiger partial charge in [-0.15, -0.1) is 0 Å². The molecule has 3 amide bonds. The predicted molar refractivity (Wildman–Crippen MR) is 121 cm³/mol. The summed E-state index contributed by atoms with van der Waals surface area (Å²) in [6.07, 6.45) is 4.81. The van der Waals surface area contributed by atoms with Gasteiger partial charge in [-0.2, -0.15) is 11.8 Å². The van der Waals surface area contributed by atoms with Gasteiger partial charge in [0, 0.05) is 24.9 Å². The first-order valence-electron chi connectivity index (χ1n) is 10.7. The van der Waals surface area contributed by atoms with E-state index in [1.807, 2.05) is 6.26 Å². The molecule has 1 aliphatic rings. The van der Waals surface area contributed by atoms with Crippen LogP contribution in [-0.4, -0.2) is 97.6 Å². The van der Waals surface area contributed by atoms with E-state index in [4.69, 9.17) is 5.73 Å². The van der Waals surface area contributed by atoms with E-state index in [-0.39, 0.29) is 13.0 Å². The number of carbonyl (C=O) groups excluding carboxylic acids is 3. The number of aliphatic hydroxyl groups is 1. The minimum absolute atomic E-state index is 0.0289. The molecule has 1 aromatic heterocycles. The standard InChI is InChI=1S/C20H32N6O6S/c1-11(27)16(25-17(28)13(21)5-7-33-2)18(29)24-14(8-12-9-22-10-23-12)19(30)26-6-3-4-15(26)20(31)32/h9-11,13-16,27H,3-8,21H2,1-2H3,(H,22,23)(H,24,29)(H,25,28)(H,31,32). The molecule has 0 bridgehead atoms. The van der Waals surface area contributed by atoms with Crippen molar-refractivity contribution < 1.29 is 29.4 Å². The number of hydrogen-bond acceptors (Lipinski definition) is 8. The Labute approximate surface area is 196 Å². The lowest BCUT2D eigenvalue weighted by molar-refractivity contribution is -0.149. The molecular weight excluding hydrogens is 452 g/mol. The van der Waals surface area contributed by atoms with E-state index in [1.165, 1.54) is 36.1 Å². The Hall–Kier alpha value is -2.64. The van der Waals surface area contributed by atoms with E-state index in [9.17, 15) is 29.4 Å². The van der Waals surface area contributed by atoms with Crippen LogP contribution in [0, 0.1) is 0 Å². The van der Waals surface area contributed by atoms with E-state index in [0.29, 0.717) is 30.7 Å². The minimum Gasteiger partial charge on any atom is -0.480 e. The smallest absolute Gasteiger partial charge is 0.326 e. The Morgan fingerprint density at radius 3 is 2.64 bits per heavy atom. The number of amides is 3. The van der Waals surface area contributed by atoms with Gasteiger partial charge in [0.2, 0.25) is 17.7 Å². The fourth-order valence-corrected chi connectivity index (χ4v) is 4.10. The molecule has 0 radical (unpaired) electrons. The highest BCUT2D eigenvalue weighted by molar-refractivity contribution is 7.98. The summed E-state index contributed by atoms with van der Waals surface area (Å²) in [5, 5.41) is 24.6. The quantitative estimate of drug-likeness (QED) is 0.204. The van der Waals surface area contributed by atoms with Crippen LogP contribution < -0.4 is 16.4 Å². The molecule has 0 saturated carbocycles. The second kappa shape index (κ2) is 12.6. The maximum Gasteiger partial charge on any atom is 0.326 e. The number of thioether (sulfide) groups is 1. The van der Waals surface area contributed by atoms with Crippen molar-refractivity contribution in [1.29, 1.82) is 0 Å². The number of nitrogens with zero attached hydrogens (tertiary/aromatic N) is 2. The monoisotopic (exact) mass is 484 g/mol. The molecule has 33 heavy (non-hydrogen) atoms. The SMILES string of the molecule is CSCCC(N)C(=O)NC(C(=O)NC(Cc1cnc[nH]1)C(=O)N1CCCC1C(=O)O)C(C)O. The van der Waals surface area contributed by atoms with Crippen LogP contribution in [0.5, 0.6) is 0 Å². The molecule has 5 atom stereocenters. The lowest BCUT2D eigenvalue weighted by atomic mass is 10.1. The third-order valence-electron chi connectivity index (χ3n) is 5.45. The fourth-order valence-electron chi connectivity index (χ4n) is 3.61. The van der Waals surface area contributed by atoms with Crippen molar-refractivity contribution in [3.8, 4) is 0 Å². The van der Waals surface area contributed by atoms with Crippen LogP contribution in [0.25, 0.3) is 0 Å². The Balaban J connectivity index is 2.17. The Bertz CT molecular complexity index is 820. The van der Waals surface area contributed by atoms with E-state index in [0.717, 1.165) is 0 Å². The third-order valence-corrected chi connectivity index (χ3v) is 6.09. The molecule has 2 heterocycles. The number of hydrogen-bond donors (Lipinski definition) is 6. The first-order chi connectivity index (χ1) is 15.6. The first kappa shape index (κ1) is 26.6. The summed E-state index contributed by atoms with van der Waals surface area (Å²) in [5.41, 5.74) is 6.40. The number of likely N-dealkylation sites (tertiary alicyclic amines) is 1. The topological polar surface area (TPSA) is 191 Å². The van der Waals surface area contributed by atoms with Crippen molar-refractivity contribution in [2.45, 2.75) is 62.9 Å². The zero-order valence-electron chi connectivity index (χ0n) is 18.7. The van der Waals surface area contributed by atoms with Crippen LogP contribution in [-0.2, 0) is 25.6 Å². The summed E-state index contributed by atoms with van der Waals surface area (Å²) < 4.78 is 0. The Morgan fingerprint density at radius 1 is 1.33 bits per heavy atom. The van der Waals surface area contributed by atoms with Crippen molar-refractivity contribution in [1.82, 2.24) is 25.5 Å². The number of aliphatic carboxylic acids is 1. The molecule has 1 fully saturated rings. The van der Waals surface area contributed by atoms with Crippen LogP contribution in [0.1, 0.15) is 31.9 Å². The third kappa shape index (κ3) is 7.44. The van der Waals surface area contributed by atoms with Gasteiger partial charge in [-0.1, -0.05) is 0 Å². The van der Waals surface area contributed by atoms with Crippen LogP contribution in [0.4, 0.5) is 0 Å². The number of aliphatic hydroxyl groups excluding tert-OH is 1. The molecule has 1 aliphatic heterocycles. The highest BCUT2D eigenvalue weighted by Crippen LogP contribution is 2.19. The van der Waals surface area contributed by atoms with Crippen molar-refractivity contribution in [3.63, 3.8) is 0 Å². The number of nitrogens with two attached hydrogens (primary N) is 1. The molecule has 13 heteroatoms. The highest BCUT2D eigenvalue weighted by Gasteiger charge is 2.39. The molecule has 0 aliphatic carbocycles. The molecule has 184 valence electrons. The average Bonchev–Trinajstić information content (AvgIpc) is 3.46. The normalized spacial score (nSPS) is 19.4. The lowest BCUT2D eigenvalue weighted by Crippen LogP contribution is -2.60. The van der Waals surface area contributed by atoms with Gasteiger partial charge in [0.05, 0.1) is 18.5 Å². The van der Waals surface area contributed by atoms with Crippen LogP contribution in [0.3, 0.4) is 0 Å². The molecule has 5 unspecified atom stereocenters. The second-order valence-corrected chi connectivity index (χ2v) is 8.97. The minimum atomic E-state index is -1.34. The number of aromatic amines is 1. The van der Waals surface area contributed by atoms with Gasteiger partial charge in [0.15, 0.2) is 0 Å². The molecule has 0 spiro atoms. The Kier molecular flexibility index (Phi) is 10.1. The van der Waals surface area contributed by atoms with E-state index in [1.54, 1.807) is 0 Å². The van der Waals surface area contributed by atoms with E-state index < -0.39 is 54.0 Å². The van der Waals surface area contributed by atoms with Gasteiger partial charge in [-0.05, 0) is 38.2 Å². The van der Waals surface area contributed by atoms with Crippen molar-refractivity contribution in [2.75, 3.05) is 18.6 Å². The predicted octanol–water partition coefficient (Wildman–Crippen LogP) is -1.54. The van der Waals surface area contributed by atoms with Crippen LogP contribution >= 0.6 is 11.8 Å². The molecular formula is C20H32N6O6S. The van der Waals surface area contributed by atoms with Crippen LogP contribution in [0.15, 0.2) is 12.5 Å². The van der Waals surface area contributed by atoms with Crippen molar-refractivity contribution >= 4 is 35.5 Å². The number of rotatable bonds is 12. The van der Waals surface area contributed by atoms with Crippen molar-refractivity contribution in [3.05, 3.63) is 18.2 Å². The number of imidazole rings is 1. The van der Waals surface area contributed by atoms with Gasteiger partial charge in [-0.3, -0.25) is 14.4 Å². The fraction of sp³-hybridized carbons (Fsp3) is 0.650. The summed E-state index contributed by atoms with van der Waals surface area (Å²) in [6, 6.07) is -4.29. The van der Waals surface area contributed by atoms with E-state index in [2.05, 4.69) is 20.6 Å². The molecule has 1 saturated heterocycles. The summed E-state index contributed by atoms with van der Waals surface area (Å²) >= 11 is 1.53. The molecule has 7 N–H and O–H groups in total. The number of H-pyrrole nitrogens is 1. The van der Waals surface area contributed by atoms with Gasteiger partial charge in [0.1, 0.15) is 18.1 Å². The number of carbonyl (C=O) groups is 4. The van der Waals surface area contributed by atoms with Crippen molar-refractivity contribution in [2.24, 2.45) is 5.73 Å². The Morgan fingerprint density at radius 2 is 2.06 bits per heavy atom. The second-order valence-electron chi connectivity index (χ2n) is 7.98. The molecule has 0 aromatic carbocycles. The van der Waals surface area contributed by atoms with Gasteiger partial charge in [0.25, 0.3) is 0 Å². The summed E-state index contributed by atoms with van der Waals surface area (Å²) in [7, 11) is 0. The molecule has 1 aromatic rings. The number of nitrogens with one attached hydrogen (secondary N) is 3. The summed E-state index contributed by atoms with van der Waals surface area (Å²) in [4.78, 5) is 58.1. The van der Waals surface area contributed by atoms with Gasteiger partial charge < -0.3 is 36.5 Å². The lowest BCUT2D eigenvalue weighted by Gasteiger charge is -2.29. The molecule has 12 nitrogen and oxygen atoms in total. The van der Waals surface area contributed by atoms with Gasteiger partial charge in [-0.25, -0.2) is 9.78 Å². The number of aromatic nitrogens is 2.